The SMILES string of the molecule is COCC(=O)N1C2CCC1CN(Cc1ccc(-c3ccc(C(O)(C(F)(F)F)C(F)(F)F)cc3)c(C)c1)C2. The summed E-state index contributed by atoms with van der Waals surface area (Å²) in [6.45, 7) is 4.04. The van der Waals surface area contributed by atoms with E-state index in [-0.39, 0.29) is 24.6 Å². The fourth-order valence-corrected chi connectivity index (χ4v) is 5.51. The van der Waals surface area contributed by atoms with Crippen LogP contribution < -0.4 is 0 Å². The number of hydrogen-bond donors (Lipinski definition) is 1. The molecule has 2 saturated heterocycles. The predicted molar refractivity (Wildman–Crippen MR) is 123 cm³/mol. The molecule has 0 aliphatic carbocycles. The highest BCUT2D eigenvalue weighted by molar-refractivity contribution is 5.78. The minimum Gasteiger partial charge on any atom is -0.375 e. The summed E-state index contributed by atoms with van der Waals surface area (Å²) in [5.41, 5.74) is -3.32. The number of rotatable bonds is 6. The number of fused-ring (bicyclic) bond motifs is 2. The number of benzene rings is 2. The number of halogens is 6. The molecule has 2 atom stereocenters. The van der Waals surface area contributed by atoms with Gasteiger partial charge in [-0.15, -0.1) is 0 Å². The van der Waals surface area contributed by atoms with E-state index in [1.807, 2.05) is 24.0 Å². The first-order valence-electron chi connectivity index (χ1n) is 11.8. The topological polar surface area (TPSA) is 53.0 Å². The van der Waals surface area contributed by atoms with Crippen LogP contribution >= 0.6 is 0 Å². The molecule has 1 amide bonds. The number of likely N-dealkylation sites (tertiary alicyclic amines) is 1. The van der Waals surface area contributed by atoms with Crippen LogP contribution in [0.25, 0.3) is 11.1 Å². The summed E-state index contributed by atoms with van der Waals surface area (Å²) in [7, 11) is 1.50. The second kappa shape index (κ2) is 9.92. The number of aryl methyl sites for hydroxylation is 1. The van der Waals surface area contributed by atoms with Crippen molar-refractivity contribution in [3.05, 3.63) is 59.2 Å². The van der Waals surface area contributed by atoms with Gasteiger partial charge in [-0.2, -0.15) is 26.3 Å². The molecule has 2 unspecified atom stereocenters. The number of alkyl halides is 6. The van der Waals surface area contributed by atoms with E-state index in [9.17, 15) is 36.2 Å². The zero-order chi connectivity index (χ0) is 27.2. The van der Waals surface area contributed by atoms with Crippen molar-refractivity contribution < 1.29 is 41.0 Å². The van der Waals surface area contributed by atoms with Crippen molar-refractivity contribution in [2.24, 2.45) is 0 Å². The summed E-state index contributed by atoms with van der Waals surface area (Å²) >= 11 is 0. The number of nitrogens with zero attached hydrogens (tertiary/aromatic N) is 2. The Labute approximate surface area is 210 Å². The Hall–Kier alpha value is -2.63. The van der Waals surface area contributed by atoms with E-state index >= 15 is 0 Å². The van der Waals surface area contributed by atoms with E-state index in [1.165, 1.54) is 7.11 Å². The normalized spacial score (nSPS) is 20.9. The third-order valence-electron chi connectivity index (χ3n) is 7.24. The summed E-state index contributed by atoms with van der Waals surface area (Å²) in [6, 6.07) is 9.50. The maximum absolute atomic E-state index is 13.2. The van der Waals surface area contributed by atoms with Gasteiger partial charge in [-0.1, -0.05) is 42.5 Å². The van der Waals surface area contributed by atoms with Crippen molar-refractivity contribution >= 4 is 5.91 Å². The van der Waals surface area contributed by atoms with Gasteiger partial charge in [0.05, 0.1) is 0 Å². The summed E-state index contributed by atoms with van der Waals surface area (Å²) in [5, 5.41) is 9.60. The summed E-state index contributed by atoms with van der Waals surface area (Å²) in [6.07, 6.45) is -9.95. The van der Waals surface area contributed by atoms with Gasteiger partial charge in [0.15, 0.2) is 0 Å². The Balaban J connectivity index is 1.48. The number of hydrogen-bond acceptors (Lipinski definition) is 4. The number of carbonyl (C=O) groups excluding carboxylic acids is 1. The van der Waals surface area contributed by atoms with Gasteiger partial charge in [-0.25, -0.2) is 0 Å². The summed E-state index contributed by atoms with van der Waals surface area (Å²) in [4.78, 5) is 16.6. The second-order valence-electron chi connectivity index (χ2n) is 9.75. The highest BCUT2D eigenvalue weighted by atomic mass is 19.4. The average molecular weight is 531 g/mol. The molecular formula is C26H28F6N2O3. The number of piperazine rings is 1. The third-order valence-corrected chi connectivity index (χ3v) is 7.24. The molecule has 4 rings (SSSR count). The number of carbonyl (C=O) groups is 1. The standard InChI is InChI=1S/C26H28F6N2O3/c1-16-11-17(12-33-13-20-8-9-21(14-33)34(20)23(35)15-37-2)3-10-22(16)18-4-6-19(7-5-18)24(36,25(27,28)29)26(30,31)32/h3-7,10-11,20-21,36H,8-9,12-15H2,1-2H3. The van der Waals surface area contributed by atoms with Gasteiger partial charge in [0, 0.05) is 44.4 Å². The number of amides is 1. The van der Waals surface area contributed by atoms with E-state index < -0.39 is 23.5 Å². The Kier molecular flexibility index (Phi) is 7.35. The van der Waals surface area contributed by atoms with Crippen LogP contribution in [-0.4, -0.2) is 72.1 Å². The van der Waals surface area contributed by atoms with E-state index in [0.29, 0.717) is 29.8 Å². The quantitative estimate of drug-likeness (QED) is 0.546. The van der Waals surface area contributed by atoms with Crippen molar-refractivity contribution in [3.63, 3.8) is 0 Å². The van der Waals surface area contributed by atoms with Crippen LogP contribution in [0.15, 0.2) is 42.5 Å². The molecule has 11 heteroatoms. The Morgan fingerprint density at radius 1 is 0.973 bits per heavy atom. The number of aliphatic hydroxyl groups is 1. The molecule has 2 aromatic rings. The molecule has 1 N–H and O–H groups in total. The molecule has 2 heterocycles. The van der Waals surface area contributed by atoms with Crippen LogP contribution in [0.5, 0.6) is 0 Å². The van der Waals surface area contributed by atoms with Crippen LogP contribution in [0.3, 0.4) is 0 Å². The van der Waals surface area contributed by atoms with E-state index in [1.54, 1.807) is 6.07 Å². The van der Waals surface area contributed by atoms with E-state index in [4.69, 9.17) is 4.74 Å². The molecule has 0 radical (unpaired) electrons. The molecule has 2 aromatic carbocycles. The molecule has 2 bridgehead atoms. The Morgan fingerprint density at radius 3 is 2.03 bits per heavy atom. The van der Waals surface area contributed by atoms with Crippen LogP contribution in [0.4, 0.5) is 26.3 Å². The van der Waals surface area contributed by atoms with E-state index in [0.717, 1.165) is 49.2 Å². The van der Waals surface area contributed by atoms with Crippen molar-refractivity contribution in [2.45, 2.75) is 56.3 Å². The minimum atomic E-state index is -5.92. The predicted octanol–water partition coefficient (Wildman–Crippen LogP) is 4.80. The highest BCUT2D eigenvalue weighted by Gasteiger charge is 2.71. The van der Waals surface area contributed by atoms with Crippen LogP contribution in [0, 0.1) is 6.92 Å². The van der Waals surface area contributed by atoms with Gasteiger partial charge in [0.25, 0.3) is 5.60 Å². The molecule has 2 fully saturated rings. The van der Waals surface area contributed by atoms with Gasteiger partial charge >= 0.3 is 12.4 Å². The largest absolute Gasteiger partial charge is 0.430 e. The maximum atomic E-state index is 13.2. The molecule has 202 valence electrons. The minimum absolute atomic E-state index is 0.00442. The van der Waals surface area contributed by atoms with Crippen molar-refractivity contribution in [3.8, 4) is 11.1 Å². The first kappa shape index (κ1) is 27.4. The van der Waals surface area contributed by atoms with Crippen LogP contribution in [0.2, 0.25) is 0 Å². The Bertz CT molecular complexity index is 1100. The van der Waals surface area contributed by atoms with E-state index in [2.05, 4.69) is 4.90 Å². The first-order chi connectivity index (χ1) is 17.3. The number of ether oxygens (including phenoxy) is 1. The molecule has 0 aromatic heterocycles. The fourth-order valence-electron chi connectivity index (χ4n) is 5.51. The monoisotopic (exact) mass is 530 g/mol. The van der Waals surface area contributed by atoms with Gasteiger partial charge in [-0.05, 0) is 42.0 Å². The highest BCUT2D eigenvalue weighted by Crippen LogP contribution is 2.50. The molecule has 0 saturated carbocycles. The second-order valence-corrected chi connectivity index (χ2v) is 9.75. The average Bonchev–Trinajstić information content (AvgIpc) is 3.08. The lowest BCUT2D eigenvalue weighted by molar-refractivity contribution is -0.376. The fraction of sp³-hybridized carbons (Fsp3) is 0.500. The molecule has 2 aliphatic rings. The molecule has 37 heavy (non-hydrogen) atoms. The lowest BCUT2D eigenvalue weighted by atomic mass is 9.90. The lowest BCUT2D eigenvalue weighted by Gasteiger charge is -2.41. The van der Waals surface area contributed by atoms with Crippen LogP contribution in [-0.2, 0) is 21.7 Å². The molecule has 2 aliphatic heterocycles. The van der Waals surface area contributed by atoms with Gasteiger partial charge in [-0.3, -0.25) is 9.69 Å². The zero-order valence-electron chi connectivity index (χ0n) is 20.4. The molecule has 0 spiro atoms. The number of methoxy groups -OCH3 is 1. The first-order valence-corrected chi connectivity index (χ1v) is 11.8. The maximum Gasteiger partial charge on any atom is 0.430 e. The Morgan fingerprint density at radius 2 is 1.54 bits per heavy atom. The molecule has 5 nitrogen and oxygen atoms in total. The van der Waals surface area contributed by atoms with Gasteiger partial charge in [0.2, 0.25) is 5.91 Å². The lowest BCUT2D eigenvalue weighted by Crippen LogP contribution is -2.56. The zero-order valence-corrected chi connectivity index (χ0v) is 20.4. The molecular weight excluding hydrogens is 502 g/mol. The van der Waals surface area contributed by atoms with Crippen molar-refractivity contribution in [1.29, 1.82) is 0 Å². The van der Waals surface area contributed by atoms with Crippen molar-refractivity contribution in [2.75, 3.05) is 26.8 Å². The summed E-state index contributed by atoms with van der Waals surface area (Å²) < 4.78 is 84.0. The third kappa shape index (κ3) is 5.08. The summed E-state index contributed by atoms with van der Waals surface area (Å²) in [5.74, 6) is 0.00442. The van der Waals surface area contributed by atoms with Gasteiger partial charge < -0.3 is 14.7 Å². The van der Waals surface area contributed by atoms with Crippen molar-refractivity contribution in [1.82, 2.24) is 9.80 Å². The van der Waals surface area contributed by atoms with Gasteiger partial charge in [0.1, 0.15) is 6.61 Å². The van der Waals surface area contributed by atoms with Crippen LogP contribution in [0.1, 0.15) is 29.5 Å². The smallest absolute Gasteiger partial charge is 0.375 e.